The molecule has 0 saturated carbocycles. The molecular formula is C9H22N4O. The van der Waals surface area contributed by atoms with Crippen molar-refractivity contribution in [3.63, 3.8) is 0 Å². The molecule has 0 heterocycles. The second-order valence-corrected chi connectivity index (χ2v) is 3.15. The Morgan fingerprint density at radius 1 is 1.29 bits per heavy atom. The van der Waals surface area contributed by atoms with Gasteiger partial charge >= 0.3 is 6.03 Å². The second-order valence-electron chi connectivity index (χ2n) is 3.15. The maximum absolute atomic E-state index is 11.5. The maximum Gasteiger partial charge on any atom is 0.317 e. The van der Waals surface area contributed by atoms with Crippen molar-refractivity contribution in [2.75, 3.05) is 32.7 Å². The standard InChI is InChI=1S/C9H22N4O/c1-2-3-7-13(8-5-11)9(14)12-6-4-10/h2-8,10-11H2,1H3,(H,12,14). The largest absolute Gasteiger partial charge is 0.337 e. The fraction of sp³-hybridized carbons (Fsp3) is 0.889. The molecule has 84 valence electrons. The molecule has 0 aliphatic heterocycles. The zero-order valence-corrected chi connectivity index (χ0v) is 8.96. The summed E-state index contributed by atoms with van der Waals surface area (Å²) in [5.74, 6) is 0. The smallest absolute Gasteiger partial charge is 0.317 e. The van der Waals surface area contributed by atoms with Crippen molar-refractivity contribution in [2.45, 2.75) is 19.8 Å². The fourth-order valence-electron chi connectivity index (χ4n) is 1.11. The van der Waals surface area contributed by atoms with Gasteiger partial charge in [0.1, 0.15) is 0 Å². The number of urea groups is 1. The molecule has 2 amide bonds. The molecule has 0 saturated heterocycles. The van der Waals surface area contributed by atoms with Crippen LogP contribution < -0.4 is 16.8 Å². The number of unbranched alkanes of at least 4 members (excludes halogenated alkanes) is 1. The van der Waals surface area contributed by atoms with E-state index < -0.39 is 0 Å². The first kappa shape index (κ1) is 13.2. The van der Waals surface area contributed by atoms with Crippen LogP contribution in [0.15, 0.2) is 0 Å². The van der Waals surface area contributed by atoms with Crippen LogP contribution in [0.4, 0.5) is 4.79 Å². The fourth-order valence-corrected chi connectivity index (χ4v) is 1.11. The summed E-state index contributed by atoms with van der Waals surface area (Å²) in [5, 5.41) is 2.73. The molecule has 0 radical (unpaired) electrons. The third kappa shape index (κ3) is 5.77. The van der Waals surface area contributed by atoms with Gasteiger partial charge in [-0.05, 0) is 6.42 Å². The number of hydrogen-bond donors (Lipinski definition) is 3. The van der Waals surface area contributed by atoms with Crippen molar-refractivity contribution in [1.29, 1.82) is 0 Å². The van der Waals surface area contributed by atoms with Crippen molar-refractivity contribution in [1.82, 2.24) is 10.2 Å². The van der Waals surface area contributed by atoms with E-state index in [1.54, 1.807) is 4.90 Å². The van der Waals surface area contributed by atoms with Crippen LogP contribution in [0.5, 0.6) is 0 Å². The minimum absolute atomic E-state index is 0.0608. The minimum atomic E-state index is -0.0608. The van der Waals surface area contributed by atoms with Crippen LogP contribution in [0.2, 0.25) is 0 Å². The lowest BCUT2D eigenvalue weighted by Gasteiger charge is -2.21. The zero-order chi connectivity index (χ0) is 10.8. The van der Waals surface area contributed by atoms with E-state index >= 15 is 0 Å². The van der Waals surface area contributed by atoms with Crippen LogP contribution in [-0.2, 0) is 0 Å². The molecule has 0 atom stereocenters. The van der Waals surface area contributed by atoms with Gasteiger partial charge in [0.2, 0.25) is 0 Å². The number of rotatable bonds is 7. The van der Waals surface area contributed by atoms with Gasteiger partial charge in [-0.1, -0.05) is 13.3 Å². The van der Waals surface area contributed by atoms with Gasteiger partial charge in [0.05, 0.1) is 0 Å². The Morgan fingerprint density at radius 3 is 2.50 bits per heavy atom. The number of nitrogens with two attached hydrogens (primary N) is 2. The van der Waals surface area contributed by atoms with Gasteiger partial charge in [-0.25, -0.2) is 4.79 Å². The summed E-state index contributed by atoms with van der Waals surface area (Å²) >= 11 is 0. The van der Waals surface area contributed by atoms with Crippen LogP contribution in [0.25, 0.3) is 0 Å². The molecule has 0 unspecified atom stereocenters. The van der Waals surface area contributed by atoms with Crippen LogP contribution >= 0.6 is 0 Å². The normalized spacial score (nSPS) is 9.93. The molecule has 0 bridgehead atoms. The van der Waals surface area contributed by atoms with E-state index in [2.05, 4.69) is 12.2 Å². The molecule has 0 rings (SSSR count). The second kappa shape index (κ2) is 8.77. The number of nitrogens with one attached hydrogen (secondary N) is 1. The molecule has 5 nitrogen and oxygen atoms in total. The van der Waals surface area contributed by atoms with Crippen molar-refractivity contribution in [3.05, 3.63) is 0 Å². The van der Waals surface area contributed by atoms with E-state index in [-0.39, 0.29) is 6.03 Å². The number of nitrogens with zero attached hydrogens (tertiary/aromatic N) is 1. The summed E-state index contributed by atoms with van der Waals surface area (Å²) in [6.45, 7) is 4.96. The van der Waals surface area contributed by atoms with Gasteiger partial charge in [0, 0.05) is 32.7 Å². The highest BCUT2D eigenvalue weighted by Gasteiger charge is 2.10. The molecule has 0 spiro atoms. The predicted octanol–water partition coefficient (Wildman–Crippen LogP) is -0.284. The molecule has 5 N–H and O–H groups in total. The summed E-state index contributed by atoms with van der Waals surface area (Å²) in [6.07, 6.45) is 2.08. The number of carbonyl (C=O) groups excluding carboxylic acids is 1. The van der Waals surface area contributed by atoms with Crippen molar-refractivity contribution in [3.8, 4) is 0 Å². The Labute approximate surface area is 85.8 Å². The summed E-state index contributed by atoms with van der Waals surface area (Å²) in [7, 11) is 0. The molecule has 0 aliphatic rings. The predicted molar refractivity (Wildman–Crippen MR) is 58.0 cm³/mol. The van der Waals surface area contributed by atoms with Gasteiger partial charge in [0.25, 0.3) is 0 Å². The zero-order valence-electron chi connectivity index (χ0n) is 8.96. The van der Waals surface area contributed by atoms with Crippen molar-refractivity contribution >= 4 is 6.03 Å². The minimum Gasteiger partial charge on any atom is -0.337 e. The van der Waals surface area contributed by atoms with Gasteiger partial charge < -0.3 is 21.7 Å². The lowest BCUT2D eigenvalue weighted by Crippen LogP contribution is -2.44. The van der Waals surface area contributed by atoms with Crippen LogP contribution in [0, 0.1) is 0 Å². The lowest BCUT2D eigenvalue weighted by atomic mass is 10.3. The number of carbonyl (C=O) groups is 1. The molecular weight excluding hydrogens is 180 g/mol. The van der Waals surface area contributed by atoms with Gasteiger partial charge in [-0.15, -0.1) is 0 Å². The number of amides is 2. The third-order valence-electron chi connectivity index (χ3n) is 1.89. The van der Waals surface area contributed by atoms with Crippen molar-refractivity contribution in [2.24, 2.45) is 11.5 Å². The van der Waals surface area contributed by atoms with E-state index in [1.807, 2.05) is 0 Å². The topological polar surface area (TPSA) is 84.4 Å². The summed E-state index contributed by atoms with van der Waals surface area (Å²) in [4.78, 5) is 13.2. The highest BCUT2D eigenvalue weighted by molar-refractivity contribution is 5.74. The summed E-state index contributed by atoms with van der Waals surface area (Å²) < 4.78 is 0. The van der Waals surface area contributed by atoms with Crippen LogP contribution in [0.1, 0.15) is 19.8 Å². The third-order valence-corrected chi connectivity index (χ3v) is 1.89. The first-order valence-corrected chi connectivity index (χ1v) is 5.19. The Hall–Kier alpha value is -0.810. The maximum atomic E-state index is 11.5. The highest BCUT2D eigenvalue weighted by Crippen LogP contribution is 1.94. The molecule has 0 aliphatic carbocycles. The monoisotopic (exact) mass is 202 g/mol. The Kier molecular flexibility index (Phi) is 8.27. The average molecular weight is 202 g/mol. The van der Waals surface area contributed by atoms with E-state index in [0.29, 0.717) is 26.2 Å². The SMILES string of the molecule is CCCCN(CCN)C(=O)NCCN. The molecule has 0 aromatic heterocycles. The lowest BCUT2D eigenvalue weighted by molar-refractivity contribution is 0.198. The molecule has 0 aromatic rings. The van der Waals surface area contributed by atoms with E-state index in [1.165, 1.54) is 0 Å². The Morgan fingerprint density at radius 2 is 2.00 bits per heavy atom. The van der Waals surface area contributed by atoms with Gasteiger partial charge in [-0.2, -0.15) is 0 Å². The number of hydrogen-bond acceptors (Lipinski definition) is 3. The summed E-state index contributed by atoms with van der Waals surface area (Å²) in [6, 6.07) is -0.0608. The van der Waals surface area contributed by atoms with E-state index in [0.717, 1.165) is 19.4 Å². The van der Waals surface area contributed by atoms with E-state index in [4.69, 9.17) is 11.5 Å². The first-order chi connectivity index (χ1) is 6.76. The Bertz CT molecular complexity index is 152. The van der Waals surface area contributed by atoms with E-state index in [9.17, 15) is 4.79 Å². The molecule has 14 heavy (non-hydrogen) atoms. The molecule has 0 fully saturated rings. The highest BCUT2D eigenvalue weighted by atomic mass is 16.2. The molecule has 0 aromatic carbocycles. The van der Waals surface area contributed by atoms with Crippen molar-refractivity contribution < 1.29 is 4.79 Å². The molecule has 5 heteroatoms. The quantitative estimate of drug-likeness (QED) is 0.530. The summed E-state index contributed by atoms with van der Waals surface area (Å²) in [5.41, 5.74) is 10.7. The Balaban J connectivity index is 3.84. The average Bonchev–Trinajstić information content (AvgIpc) is 2.20. The van der Waals surface area contributed by atoms with Crippen LogP contribution in [0.3, 0.4) is 0 Å². The van der Waals surface area contributed by atoms with Crippen LogP contribution in [-0.4, -0.2) is 43.7 Å². The van der Waals surface area contributed by atoms with Gasteiger partial charge in [0.15, 0.2) is 0 Å². The van der Waals surface area contributed by atoms with Gasteiger partial charge in [-0.3, -0.25) is 0 Å². The first-order valence-electron chi connectivity index (χ1n) is 5.19.